The minimum atomic E-state index is 0.644. The summed E-state index contributed by atoms with van der Waals surface area (Å²) in [6.07, 6.45) is 0. The van der Waals surface area contributed by atoms with Crippen molar-refractivity contribution >= 4 is 63.0 Å². The van der Waals surface area contributed by atoms with E-state index in [1.807, 2.05) is 41.7 Å². The highest BCUT2D eigenvalue weighted by molar-refractivity contribution is 7.26. The largest absolute Gasteiger partial charge is 0.192 e. The van der Waals surface area contributed by atoms with Crippen LogP contribution in [0.15, 0.2) is 121 Å². The van der Waals surface area contributed by atoms with Gasteiger partial charge in [-0.3, -0.25) is 0 Å². The first kappa shape index (κ1) is 24.5. The molecule has 0 aliphatic rings. The Labute approximate surface area is 250 Å². The molecule has 2 heterocycles. The molecular weight excluding hydrogens is 549 g/mol. The molecule has 0 saturated carbocycles. The summed E-state index contributed by atoms with van der Waals surface area (Å²) < 4.78 is 4.94. The summed E-state index contributed by atoms with van der Waals surface area (Å²) in [7, 11) is 0. The van der Waals surface area contributed by atoms with E-state index in [0.717, 1.165) is 44.2 Å². The van der Waals surface area contributed by atoms with Crippen LogP contribution in [0.2, 0.25) is 0 Å². The van der Waals surface area contributed by atoms with Crippen molar-refractivity contribution in [3.63, 3.8) is 0 Å². The van der Waals surface area contributed by atoms with Gasteiger partial charge in [-0.2, -0.15) is 10.5 Å². The minimum Gasteiger partial charge on any atom is -0.192 e. The zero-order valence-electron chi connectivity index (χ0n) is 22.3. The number of hydrogen-bond donors (Lipinski definition) is 0. The summed E-state index contributed by atoms with van der Waals surface area (Å²) in [6.45, 7) is 0. The molecule has 2 nitrogen and oxygen atoms in total. The number of rotatable bonds is 3. The first-order valence-electron chi connectivity index (χ1n) is 13.6. The highest BCUT2D eigenvalue weighted by Gasteiger charge is 2.15. The standard InChI is InChI=1S/C38H20N2S2/c39-21-23-5-3-6-25(15-23)27-17-28(26-12-13-32-31-7-1-2-10-35(31)41-37(32)20-26)19-29(18-27)30-8-4-9-33-34-16-24(22-40)11-14-36(34)42-38(30)33/h1-20H. The Morgan fingerprint density at radius 3 is 1.95 bits per heavy atom. The Bertz CT molecular complexity index is 2450. The third-order valence-electron chi connectivity index (χ3n) is 7.91. The van der Waals surface area contributed by atoms with Gasteiger partial charge in [0.1, 0.15) is 0 Å². The summed E-state index contributed by atoms with van der Waals surface area (Å²) in [5, 5.41) is 23.9. The molecule has 6 aromatic carbocycles. The molecule has 0 spiro atoms. The molecule has 0 bridgehead atoms. The van der Waals surface area contributed by atoms with Gasteiger partial charge in [0.05, 0.1) is 23.3 Å². The van der Waals surface area contributed by atoms with Crippen molar-refractivity contribution in [2.45, 2.75) is 0 Å². The number of nitrogens with zero attached hydrogens (tertiary/aromatic N) is 2. The quantitative estimate of drug-likeness (QED) is 0.213. The molecule has 8 rings (SSSR count). The fourth-order valence-electron chi connectivity index (χ4n) is 5.89. The molecule has 0 atom stereocenters. The van der Waals surface area contributed by atoms with Crippen molar-refractivity contribution in [2.24, 2.45) is 0 Å². The fourth-order valence-corrected chi connectivity index (χ4v) is 8.25. The van der Waals surface area contributed by atoms with Crippen molar-refractivity contribution in [1.82, 2.24) is 0 Å². The molecule has 0 aliphatic heterocycles. The number of benzene rings is 6. The van der Waals surface area contributed by atoms with Gasteiger partial charge >= 0.3 is 0 Å². The lowest BCUT2D eigenvalue weighted by molar-refractivity contribution is 1.48. The number of fused-ring (bicyclic) bond motifs is 6. The van der Waals surface area contributed by atoms with E-state index in [1.165, 1.54) is 29.6 Å². The maximum absolute atomic E-state index is 9.59. The smallest absolute Gasteiger partial charge is 0.0991 e. The van der Waals surface area contributed by atoms with Crippen molar-refractivity contribution in [2.75, 3.05) is 0 Å². The van der Waals surface area contributed by atoms with Gasteiger partial charge in [0.2, 0.25) is 0 Å². The Balaban J connectivity index is 1.37. The first-order valence-corrected chi connectivity index (χ1v) is 15.2. The molecule has 8 aromatic rings. The maximum atomic E-state index is 9.59. The summed E-state index contributed by atoms with van der Waals surface area (Å²) >= 11 is 3.59. The number of thiophene rings is 2. The molecule has 0 amide bonds. The molecule has 2 aromatic heterocycles. The third-order valence-corrected chi connectivity index (χ3v) is 10.3. The van der Waals surface area contributed by atoms with Gasteiger partial charge < -0.3 is 0 Å². The van der Waals surface area contributed by atoms with E-state index in [1.54, 1.807) is 11.3 Å². The molecule has 0 saturated heterocycles. The molecule has 194 valence electrons. The maximum Gasteiger partial charge on any atom is 0.0991 e. The van der Waals surface area contributed by atoms with Crippen molar-refractivity contribution in [1.29, 1.82) is 10.5 Å². The Morgan fingerprint density at radius 1 is 0.405 bits per heavy atom. The predicted molar refractivity (Wildman–Crippen MR) is 178 cm³/mol. The van der Waals surface area contributed by atoms with Crippen LogP contribution in [-0.4, -0.2) is 0 Å². The van der Waals surface area contributed by atoms with Gasteiger partial charge in [-0.1, -0.05) is 60.7 Å². The van der Waals surface area contributed by atoms with Crippen LogP contribution in [0, 0.1) is 22.7 Å². The zero-order chi connectivity index (χ0) is 28.2. The minimum absolute atomic E-state index is 0.644. The van der Waals surface area contributed by atoms with Gasteiger partial charge in [0, 0.05) is 40.3 Å². The van der Waals surface area contributed by atoms with Crippen LogP contribution in [0.25, 0.3) is 73.7 Å². The average Bonchev–Trinajstić information content (AvgIpc) is 3.62. The second-order valence-corrected chi connectivity index (χ2v) is 12.5. The fraction of sp³-hybridized carbons (Fsp3) is 0. The van der Waals surface area contributed by atoms with Gasteiger partial charge in [0.25, 0.3) is 0 Å². The lowest BCUT2D eigenvalue weighted by atomic mass is 9.92. The van der Waals surface area contributed by atoms with E-state index in [0.29, 0.717) is 11.1 Å². The SMILES string of the molecule is N#Cc1cccc(-c2cc(-c3ccc4c(c3)sc3ccccc34)cc(-c3cccc4c3sc3ccc(C#N)cc34)c2)c1. The van der Waals surface area contributed by atoms with E-state index >= 15 is 0 Å². The van der Waals surface area contributed by atoms with E-state index in [4.69, 9.17) is 0 Å². The van der Waals surface area contributed by atoms with Crippen molar-refractivity contribution in [3.05, 3.63) is 132 Å². The molecule has 0 fully saturated rings. The molecule has 4 heteroatoms. The normalized spacial score (nSPS) is 11.3. The Hall–Kier alpha value is -5.26. The summed E-state index contributed by atoms with van der Waals surface area (Å²) in [4.78, 5) is 0. The van der Waals surface area contributed by atoms with Gasteiger partial charge in [-0.05, 0) is 94.0 Å². The van der Waals surface area contributed by atoms with Crippen LogP contribution in [0.4, 0.5) is 0 Å². The van der Waals surface area contributed by atoms with Crippen LogP contribution in [0.1, 0.15) is 11.1 Å². The summed E-state index contributed by atoms with van der Waals surface area (Å²) in [5.74, 6) is 0. The first-order chi connectivity index (χ1) is 20.7. The number of nitriles is 2. The Kier molecular flexibility index (Phi) is 5.66. The van der Waals surface area contributed by atoms with Crippen molar-refractivity contribution < 1.29 is 0 Å². The molecular formula is C38H20N2S2. The Morgan fingerprint density at radius 2 is 1.10 bits per heavy atom. The average molecular weight is 569 g/mol. The van der Waals surface area contributed by atoms with Gasteiger partial charge in [-0.25, -0.2) is 0 Å². The molecule has 0 radical (unpaired) electrons. The zero-order valence-corrected chi connectivity index (χ0v) is 23.9. The van der Waals surface area contributed by atoms with Gasteiger partial charge in [-0.15, -0.1) is 22.7 Å². The summed E-state index contributed by atoms with van der Waals surface area (Å²) in [6, 6.07) is 46.9. The van der Waals surface area contributed by atoms with E-state index in [-0.39, 0.29) is 0 Å². The van der Waals surface area contributed by atoms with E-state index in [9.17, 15) is 10.5 Å². The number of hydrogen-bond acceptors (Lipinski definition) is 4. The lowest BCUT2D eigenvalue weighted by Gasteiger charge is -2.12. The second-order valence-electron chi connectivity index (χ2n) is 10.4. The molecule has 42 heavy (non-hydrogen) atoms. The van der Waals surface area contributed by atoms with Crippen molar-refractivity contribution in [3.8, 4) is 45.5 Å². The van der Waals surface area contributed by atoms with Crippen LogP contribution < -0.4 is 0 Å². The monoisotopic (exact) mass is 568 g/mol. The van der Waals surface area contributed by atoms with E-state index in [2.05, 4.69) is 103 Å². The highest BCUT2D eigenvalue weighted by Crippen LogP contribution is 2.43. The third kappa shape index (κ3) is 3.98. The molecule has 0 N–H and O–H groups in total. The van der Waals surface area contributed by atoms with E-state index < -0.39 is 0 Å². The lowest BCUT2D eigenvalue weighted by Crippen LogP contribution is -1.87. The predicted octanol–water partition coefficient (Wildman–Crippen LogP) is 11.2. The van der Waals surface area contributed by atoms with Crippen LogP contribution in [0.5, 0.6) is 0 Å². The summed E-state index contributed by atoms with van der Waals surface area (Å²) in [5.41, 5.74) is 7.98. The molecule has 0 unspecified atom stereocenters. The van der Waals surface area contributed by atoms with Crippen LogP contribution >= 0.6 is 22.7 Å². The molecule has 0 aliphatic carbocycles. The van der Waals surface area contributed by atoms with Gasteiger partial charge in [0.15, 0.2) is 0 Å². The van der Waals surface area contributed by atoms with Crippen LogP contribution in [-0.2, 0) is 0 Å². The van der Waals surface area contributed by atoms with Crippen LogP contribution in [0.3, 0.4) is 0 Å². The topological polar surface area (TPSA) is 47.6 Å². The second kappa shape index (κ2) is 9.68. The highest BCUT2D eigenvalue weighted by atomic mass is 32.1.